The maximum absolute atomic E-state index is 12.7. The Hall–Kier alpha value is -1.45. The van der Waals surface area contributed by atoms with Crippen LogP contribution in [0, 0.1) is 13.8 Å². The minimum absolute atomic E-state index is 0.0980. The average molecular weight is 301 g/mol. The molecule has 1 heterocycles. The van der Waals surface area contributed by atoms with E-state index in [9.17, 15) is 4.79 Å². The van der Waals surface area contributed by atoms with E-state index in [1.54, 1.807) is 11.3 Å². The SMILES string of the molecule is CCN(Cc1cccs1)C(C)C(=O)c1ccc(C)c(C)c1. The van der Waals surface area contributed by atoms with Crippen LogP contribution in [0.3, 0.4) is 0 Å². The summed E-state index contributed by atoms with van der Waals surface area (Å²) in [6.45, 7) is 9.95. The molecule has 2 rings (SSSR count). The maximum atomic E-state index is 12.7. The second-order valence-electron chi connectivity index (χ2n) is 5.48. The molecule has 0 aliphatic rings. The number of carbonyl (C=O) groups is 1. The summed E-state index contributed by atoms with van der Waals surface area (Å²) in [7, 11) is 0. The Morgan fingerprint density at radius 1 is 1.24 bits per heavy atom. The van der Waals surface area contributed by atoms with Gasteiger partial charge in [-0.2, -0.15) is 0 Å². The van der Waals surface area contributed by atoms with Gasteiger partial charge in [0.25, 0.3) is 0 Å². The average Bonchev–Trinajstić information content (AvgIpc) is 2.99. The van der Waals surface area contributed by atoms with E-state index in [4.69, 9.17) is 0 Å². The van der Waals surface area contributed by atoms with Crippen LogP contribution >= 0.6 is 11.3 Å². The summed E-state index contributed by atoms with van der Waals surface area (Å²) < 4.78 is 0. The van der Waals surface area contributed by atoms with Gasteiger partial charge in [0, 0.05) is 17.0 Å². The van der Waals surface area contributed by atoms with Crippen LogP contribution in [0.4, 0.5) is 0 Å². The van der Waals surface area contributed by atoms with Crippen molar-refractivity contribution < 1.29 is 4.79 Å². The summed E-state index contributed by atoms with van der Waals surface area (Å²) in [5.74, 6) is 0.205. The van der Waals surface area contributed by atoms with Gasteiger partial charge in [-0.1, -0.05) is 25.1 Å². The van der Waals surface area contributed by atoms with Crippen molar-refractivity contribution in [3.63, 3.8) is 0 Å². The highest BCUT2D eigenvalue weighted by Gasteiger charge is 2.22. The number of thiophene rings is 1. The van der Waals surface area contributed by atoms with E-state index in [2.05, 4.69) is 43.2 Å². The fourth-order valence-electron chi connectivity index (χ4n) is 2.43. The molecule has 0 aliphatic heterocycles. The van der Waals surface area contributed by atoms with Crippen LogP contribution in [0.15, 0.2) is 35.7 Å². The molecule has 0 bridgehead atoms. The third-order valence-electron chi connectivity index (χ3n) is 4.06. The molecule has 21 heavy (non-hydrogen) atoms. The third kappa shape index (κ3) is 3.80. The van der Waals surface area contributed by atoms with Crippen molar-refractivity contribution in [1.82, 2.24) is 4.90 Å². The normalized spacial score (nSPS) is 12.6. The first kappa shape index (κ1) is 15.9. The van der Waals surface area contributed by atoms with Gasteiger partial charge in [0.05, 0.1) is 6.04 Å². The molecule has 1 aromatic heterocycles. The smallest absolute Gasteiger partial charge is 0.179 e. The van der Waals surface area contributed by atoms with Crippen molar-refractivity contribution in [1.29, 1.82) is 0 Å². The zero-order valence-electron chi connectivity index (χ0n) is 13.2. The lowest BCUT2D eigenvalue weighted by Gasteiger charge is -2.26. The van der Waals surface area contributed by atoms with Crippen molar-refractivity contribution in [2.75, 3.05) is 6.54 Å². The molecule has 0 aliphatic carbocycles. The van der Waals surface area contributed by atoms with Gasteiger partial charge in [0.1, 0.15) is 0 Å². The van der Waals surface area contributed by atoms with Crippen LogP contribution in [-0.4, -0.2) is 23.3 Å². The van der Waals surface area contributed by atoms with Crippen LogP contribution in [-0.2, 0) is 6.54 Å². The molecule has 1 unspecified atom stereocenters. The molecule has 0 radical (unpaired) electrons. The van der Waals surface area contributed by atoms with Gasteiger partial charge in [-0.05, 0) is 56.0 Å². The van der Waals surface area contributed by atoms with Crippen LogP contribution in [0.1, 0.15) is 40.2 Å². The third-order valence-corrected chi connectivity index (χ3v) is 4.92. The van der Waals surface area contributed by atoms with Gasteiger partial charge in [-0.3, -0.25) is 9.69 Å². The van der Waals surface area contributed by atoms with E-state index in [-0.39, 0.29) is 11.8 Å². The fourth-order valence-corrected chi connectivity index (χ4v) is 3.16. The second-order valence-corrected chi connectivity index (χ2v) is 6.51. The number of benzene rings is 1. The largest absolute Gasteiger partial charge is 0.292 e. The topological polar surface area (TPSA) is 20.3 Å². The molecule has 1 atom stereocenters. The highest BCUT2D eigenvalue weighted by molar-refractivity contribution is 7.09. The minimum Gasteiger partial charge on any atom is -0.292 e. The Morgan fingerprint density at radius 2 is 2.00 bits per heavy atom. The number of hydrogen-bond acceptors (Lipinski definition) is 3. The maximum Gasteiger partial charge on any atom is 0.179 e. The summed E-state index contributed by atoms with van der Waals surface area (Å²) in [4.78, 5) is 16.2. The number of rotatable bonds is 6. The first-order valence-corrected chi connectivity index (χ1v) is 8.28. The summed E-state index contributed by atoms with van der Waals surface area (Å²) in [6.07, 6.45) is 0. The van der Waals surface area contributed by atoms with Crippen molar-refractivity contribution in [3.8, 4) is 0 Å². The first-order valence-electron chi connectivity index (χ1n) is 7.40. The molecule has 2 nitrogen and oxygen atoms in total. The molecule has 0 spiro atoms. The zero-order valence-corrected chi connectivity index (χ0v) is 14.0. The number of Topliss-reactive ketones (excluding diaryl/α,β-unsaturated/α-hetero) is 1. The first-order chi connectivity index (χ1) is 10.0. The second kappa shape index (κ2) is 7.01. The Kier molecular flexibility index (Phi) is 5.32. The number of hydrogen-bond donors (Lipinski definition) is 0. The molecule has 1 aromatic carbocycles. The van der Waals surface area contributed by atoms with E-state index in [0.717, 1.165) is 18.7 Å². The monoisotopic (exact) mass is 301 g/mol. The summed E-state index contributed by atoms with van der Waals surface area (Å²) >= 11 is 1.74. The summed E-state index contributed by atoms with van der Waals surface area (Å²) in [5, 5.41) is 2.08. The number of ketones is 1. The van der Waals surface area contributed by atoms with Crippen molar-refractivity contribution in [2.24, 2.45) is 0 Å². The minimum atomic E-state index is -0.0980. The molecule has 112 valence electrons. The number of likely N-dealkylation sites (N-methyl/N-ethyl adjacent to an activating group) is 1. The molecular formula is C18H23NOS. The molecule has 0 amide bonds. The highest BCUT2D eigenvalue weighted by atomic mass is 32.1. The van der Waals surface area contributed by atoms with Gasteiger partial charge >= 0.3 is 0 Å². The number of carbonyl (C=O) groups excluding carboxylic acids is 1. The Labute approximate surface area is 131 Å². The van der Waals surface area contributed by atoms with E-state index in [1.807, 2.05) is 25.1 Å². The fraction of sp³-hybridized carbons (Fsp3) is 0.389. The Bertz CT molecular complexity index is 604. The number of nitrogens with zero attached hydrogens (tertiary/aromatic N) is 1. The summed E-state index contributed by atoms with van der Waals surface area (Å²) in [5.41, 5.74) is 3.22. The van der Waals surface area contributed by atoms with Gasteiger partial charge < -0.3 is 0 Å². The molecule has 0 saturated carbocycles. The lowest BCUT2D eigenvalue weighted by molar-refractivity contribution is 0.0837. The van der Waals surface area contributed by atoms with Gasteiger partial charge in [0.15, 0.2) is 5.78 Å². The van der Waals surface area contributed by atoms with Crippen LogP contribution in [0.5, 0.6) is 0 Å². The lowest BCUT2D eigenvalue weighted by atomic mass is 9.99. The molecule has 3 heteroatoms. The van der Waals surface area contributed by atoms with Crippen molar-refractivity contribution >= 4 is 17.1 Å². The number of aryl methyl sites for hydroxylation is 2. The molecule has 0 saturated heterocycles. The van der Waals surface area contributed by atoms with E-state index >= 15 is 0 Å². The molecular weight excluding hydrogens is 278 g/mol. The van der Waals surface area contributed by atoms with Gasteiger partial charge in [-0.25, -0.2) is 0 Å². The lowest BCUT2D eigenvalue weighted by Crippen LogP contribution is -2.38. The molecule has 0 fully saturated rings. The highest BCUT2D eigenvalue weighted by Crippen LogP contribution is 2.17. The predicted molar refractivity (Wildman–Crippen MR) is 90.1 cm³/mol. The van der Waals surface area contributed by atoms with Crippen LogP contribution < -0.4 is 0 Å². The standard InChI is InChI=1S/C18H23NOS/c1-5-19(12-17-7-6-10-21-17)15(4)18(20)16-9-8-13(2)14(3)11-16/h6-11,15H,5,12H2,1-4H3. The van der Waals surface area contributed by atoms with Crippen LogP contribution in [0.2, 0.25) is 0 Å². The van der Waals surface area contributed by atoms with Crippen LogP contribution in [0.25, 0.3) is 0 Å². The Morgan fingerprint density at radius 3 is 2.57 bits per heavy atom. The van der Waals surface area contributed by atoms with E-state index in [1.165, 1.54) is 16.0 Å². The predicted octanol–water partition coefficient (Wildman–Crippen LogP) is 4.46. The quantitative estimate of drug-likeness (QED) is 0.734. The van der Waals surface area contributed by atoms with Gasteiger partial charge in [0.2, 0.25) is 0 Å². The van der Waals surface area contributed by atoms with E-state index < -0.39 is 0 Å². The van der Waals surface area contributed by atoms with Gasteiger partial charge in [-0.15, -0.1) is 11.3 Å². The molecule has 0 N–H and O–H groups in total. The Balaban J connectivity index is 2.14. The molecule has 2 aromatic rings. The van der Waals surface area contributed by atoms with Crippen molar-refractivity contribution in [3.05, 3.63) is 57.3 Å². The van der Waals surface area contributed by atoms with Crippen molar-refractivity contribution in [2.45, 2.75) is 40.3 Å². The van der Waals surface area contributed by atoms with E-state index in [0.29, 0.717) is 0 Å². The zero-order chi connectivity index (χ0) is 15.4. The summed E-state index contributed by atoms with van der Waals surface area (Å²) in [6, 6.07) is 10.1.